The zero-order valence-electron chi connectivity index (χ0n) is 19.2. The van der Waals surface area contributed by atoms with Gasteiger partial charge < -0.3 is 9.84 Å². The fourth-order valence-corrected chi connectivity index (χ4v) is 6.50. The number of sulfone groups is 1. The molecular weight excluding hydrogens is 516 g/mol. The molecule has 3 aromatic rings. The molecule has 2 heterocycles. The Morgan fingerprint density at radius 3 is 2.47 bits per heavy atom. The van der Waals surface area contributed by atoms with Crippen LogP contribution in [0.5, 0.6) is 5.75 Å². The molecule has 188 valence electrons. The molecule has 1 aromatic heterocycles. The fraction of sp³-hybridized carbons (Fsp3) is 0.208. The number of halogens is 2. The topological polar surface area (TPSA) is 118 Å². The molecule has 0 saturated heterocycles. The van der Waals surface area contributed by atoms with Crippen LogP contribution in [0.15, 0.2) is 46.7 Å². The van der Waals surface area contributed by atoms with Crippen LogP contribution in [-0.2, 0) is 25.8 Å². The maximum atomic E-state index is 14.9. The second-order valence-electron chi connectivity index (χ2n) is 8.45. The number of ether oxygens (including phenoxy) is 1. The highest BCUT2D eigenvalue weighted by atomic mass is 32.2. The summed E-state index contributed by atoms with van der Waals surface area (Å²) in [6.45, 7) is 2.63. The van der Waals surface area contributed by atoms with Gasteiger partial charge in [-0.2, -0.15) is 0 Å². The zero-order valence-corrected chi connectivity index (χ0v) is 20.8. The van der Waals surface area contributed by atoms with Gasteiger partial charge in [-0.15, -0.1) is 11.3 Å². The van der Waals surface area contributed by atoms with Gasteiger partial charge in [0.05, 0.1) is 34.4 Å². The van der Waals surface area contributed by atoms with Crippen molar-refractivity contribution < 1.29 is 41.4 Å². The highest BCUT2D eigenvalue weighted by molar-refractivity contribution is 7.92. The number of imide groups is 1. The Hall–Kier alpha value is -3.64. The largest absolute Gasteiger partial charge is 0.496 e. The molecule has 8 nitrogen and oxygen atoms in total. The van der Waals surface area contributed by atoms with Gasteiger partial charge in [-0.3, -0.25) is 9.59 Å². The minimum atomic E-state index is -4.38. The second kappa shape index (κ2) is 8.79. The minimum absolute atomic E-state index is 0.00927. The first-order chi connectivity index (χ1) is 16.8. The lowest BCUT2D eigenvalue weighted by molar-refractivity contribution is -0.117. The van der Waals surface area contributed by atoms with E-state index in [9.17, 15) is 36.7 Å². The molecule has 0 saturated carbocycles. The summed E-state index contributed by atoms with van der Waals surface area (Å²) in [6, 6.07) is 6.01. The molecule has 0 aliphatic carbocycles. The molecule has 2 aromatic carbocycles. The van der Waals surface area contributed by atoms with Crippen molar-refractivity contribution in [3.63, 3.8) is 0 Å². The number of carbonyl (C=O) groups is 3. The molecule has 0 bridgehead atoms. The lowest BCUT2D eigenvalue weighted by Gasteiger charge is -2.29. The number of carbonyl (C=O) groups excluding carboxylic acids is 2. The van der Waals surface area contributed by atoms with Crippen molar-refractivity contribution in [1.82, 2.24) is 0 Å². The smallest absolute Gasteiger partial charge is 0.346 e. The number of hydrogen-bond donors (Lipinski definition) is 1. The van der Waals surface area contributed by atoms with E-state index < -0.39 is 54.6 Å². The molecule has 1 N–H and O–H groups in total. The van der Waals surface area contributed by atoms with Gasteiger partial charge in [0.1, 0.15) is 22.3 Å². The summed E-state index contributed by atoms with van der Waals surface area (Å²) >= 11 is 0.762. The van der Waals surface area contributed by atoms with Crippen molar-refractivity contribution >= 4 is 44.6 Å². The number of methoxy groups -OCH3 is 1. The van der Waals surface area contributed by atoms with E-state index in [1.165, 1.54) is 32.4 Å². The summed E-state index contributed by atoms with van der Waals surface area (Å²) in [4.78, 5) is 37.2. The molecule has 1 aliphatic rings. The van der Waals surface area contributed by atoms with Crippen molar-refractivity contribution in [1.29, 1.82) is 0 Å². The zero-order chi connectivity index (χ0) is 26.6. The number of benzene rings is 2. The van der Waals surface area contributed by atoms with Crippen molar-refractivity contribution in [2.45, 2.75) is 29.9 Å². The van der Waals surface area contributed by atoms with E-state index in [0.29, 0.717) is 4.90 Å². The molecule has 0 atom stereocenters. The van der Waals surface area contributed by atoms with Crippen LogP contribution in [-0.4, -0.2) is 38.4 Å². The standard InChI is InChI=1S/C24H19F2NO7S2/c1-24(2,15-9-13(25)4-7-18(15)34-3)36(32,33)14-5-6-16(26)17(10-14)27-19(28)8-12-11-35-21(23(30)31)20(12)22(27)29/h4-7,9-11H,8H2,1-3H3,(H,30,31). The van der Waals surface area contributed by atoms with Crippen molar-refractivity contribution in [3.8, 4) is 5.75 Å². The summed E-state index contributed by atoms with van der Waals surface area (Å²) in [5.41, 5.74) is -0.673. The third-order valence-electron chi connectivity index (χ3n) is 6.02. The van der Waals surface area contributed by atoms with Crippen molar-refractivity contribution in [2.75, 3.05) is 12.0 Å². The van der Waals surface area contributed by atoms with E-state index in [4.69, 9.17) is 4.74 Å². The third-order valence-corrected chi connectivity index (χ3v) is 9.48. The monoisotopic (exact) mass is 535 g/mol. The highest BCUT2D eigenvalue weighted by Crippen LogP contribution is 2.41. The number of amides is 2. The van der Waals surface area contributed by atoms with Crippen molar-refractivity contribution in [2.24, 2.45) is 0 Å². The van der Waals surface area contributed by atoms with E-state index >= 15 is 0 Å². The molecule has 4 rings (SSSR count). The Kier molecular flexibility index (Phi) is 6.21. The van der Waals surface area contributed by atoms with Crippen LogP contribution in [0.2, 0.25) is 0 Å². The second-order valence-corrected chi connectivity index (χ2v) is 11.8. The first-order valence-electron chi connectivity index (χ1n) is 10.4. The molecule has 12 heteroatoms. The van der Waals surface area contributed by atoms with Gasteiger partial charge in [-0.25, -0.2) is 26.9 Å². The van der Waals surface area contributed by atoms with E-state index in [-0.39, 0.29) is 33.7 Å². The Bertz CT molecular complexity index is 1540. The van der Waals surface area contributed by atoms with E-state index in [0.717, 1.165) is 41.7 Å². The van der Waals surface area contributed by atoms with Crippen molar-refractivity contribution in [3.05, 3.63) is 75.0 Å². The van der Waals surface area contributed by atoms with Gasteiger partial charge in [-0.1, -0.05) is 0 Å². The van der Waals surface area contributed by atoms with Crippen LogP contribution in [0.4, 0.5) is 14.5 Å². The summed E-state index contributed by atoms with van der Waals surface area (Å²) in [5, 5.41) is 10.8. The lowest BCUT2D eigenvalue weighted by Crippen LogP contribution is -2.43. The highest BCUT2D eigenvalue weighted by Gasteiger charge is 2.42. The summed E-state index contributed by atoms with van der Waals surface area (Å²) in [6.07, 6.45) is -0.368. The number of aromatic carboxylic acids is 1. The third kappa shape index (κ3) is 3.86. The van der Waals surface area contributed by atoms with E-state index in [1.807, 2.05) is 0 Å². The number of rotatable bonds is 6. The van der Waals surface area contributed by atoms with Crippen LogP contribution in [0, 0.1) is 11.6 Å². The predicted molar refractivity (Wildman–Crippen MR) is 126 cm³/mol. The van der Waals surface area contributed by atoms with Crippen LogP contribution < -0.4 is 9.64 Å². The van der Waals surface area contributed by atoms with Crippen LogP contribution >= 0.6 is 11.3 Å². The Morgan fingerprint density at radius 1 is 1.14 bits per heavy atom. The molecule has 36 heavy (non-hydrogen) atoms. The summed E-state index contributed by atoms with van der Waals surface area (Å²) in [5.74, 6) is -4.95. The molecular formula is C24H19F2NO7S2. The lowest BCUT2D eigenvalue weighted by atomic mass is 10.0. The maximum absolute atomic E-state index is 14.9. The Balaban J connectivity index is 1.84. The number of fused-ring (bicyclic) bond motifs is 1. The van der Waals surface area contributed by atoms with E-state index in [1.54, 1.807) is 0 Å². The summed E-state index contributed by atoms with van der Waals surface area (Å²) in [7, 11) is -3.08. The average Bonchev–Trinajstić information content (AvgIpc) is 3.24. The van der Waals surface area contributed by atoms with Crippen LogP contribution in [0.25, 0.3) is 0 Å². The van der Waals surface area contributed by atoms with Crippen LogP contribution in [0.1, 0.15) is 45.0 Å². The molecule has 2 amide bonds. The number of thiophene rings is 1. The minimum Gasteiger partial charge on any atom is -0.496 e. The first kappa shape index (κ1) is 25.5. The predicted octanol–water partition coefficient (Wildman–Crippen LogP) is 4.17. The SMILES string of the molecule is COc1ccc(F)cc1C(C)(C)S(=O)(=O)c1ccc(F)c(N2C(=O)Cc3csc(C(=O)O)c3C2=O)c1. The number of hydrogen-bond acceptors (Lipinski definition) is 7. The van der Waals surface area contributed by atoms with Gasteiger partial charge >= 0.3 is 5.97 Å². The molecule has 1 aliphatic heterocycles. The fourth-order valence-electron chi connectivity index (χ4n) is 4.05. The maximum Gasteiger partial charge on any atom is 0.346 e. The Morgan fingerprint density at radius 2 is 1.83 bits per heavy atom. The molecule has 0 radical (unpaired) electrons. The van der Waals surface area contributed by atoms with Gasteiger partial charge in [0.25, 0.3) is 5.91 Å². The van der Waals surface area contributed by atoms with Crippen LogP contribution in [0.3, 0.4) is 0 Å². The summed E-state index contributed by atoms with van der Waals surface area (Å²) < 4.78 is 59.7. The van der Waals surface area contributed by atoms with Gasteiger partial charge in [0, 0.05) is 5.56 Å². The number of nitrogens with zero attached hydrogens (tertiary/aromatic N) is 1. The molecule has 0 unspecified atom stereocenters. The molecule has 0 fully saturated rings. The number of carboxylic acids is 1. The molecule has 0 spiro atoms. The number of anilines is 1. The van der Waals surface area contributed by atoms with Gasteiger partial charge in [0.15, 0.2) is 9.84 Å². The normalized spacial score (nSPS) is 14.1. The number of carboxylic acid groups (broad SMARTS) is 1. The first-order valence-corrected chi connectivity index (χ1v) is 12.8. The van der Waals surface area contributed by atoms with E-state index in [2.05, 4.69) is 0 Å². The van der Waals surface area contributed by atoms with Gasteiger partial charge in [0.2, 0.25) is 5.91 Å². The average molecular weight is 536 g/mol. The quantitative estimate of drug-likeness (QED) is 0.372. The Labute approximate surface area is 208 Å². The van der Waals surface area contributed by atoms with Gasteiger partial charge in [-0.05, 0) is 61.2 Å².